The molecule has 0 bridgehead atoms. The Bertz CT molecular complexity index is 961. The molecule has 0 unspecified atom stereocenters. The molecule has 0 atom stereocenters. The van der Waals surface area contributed by atoms with Gasteiger partial charge in [0.1, 0.15) is 29.6 Å². The Morgan fingerprint density at radius 2 is 1.86 bits per heavy atom. The first kappa shape index (κ1) is 19.3. The van der Waals surface area contributed by atoms with E-state index in [0.717, 1.165) is 11.3 Å². The molecule has 1 aromatic heterocycles. The summed E-state index contributed by atoms with van der Waals surface area (Å²) in [5.41, 5.74) is 2.52. The molecule has 1 N–H and O–H groups in total. The summed E-state index contributed by atoms with van der Waals surface area (Å²) in [7, 11) is 3.09. The van der Waals surface area contributed by atoms with Gasteiger partial charge in [-0.3, -0.25) is 4.79 Å². The molecule has 0 radical (unpaired) electrons. The molecule has 0 aliphatic heterocycles. The molecule has 7 nitrogen and oxygen atoms in total. The van der Waals surface area contributed by atoms with Gasteiger partial charge >= 0.3 is 0 Å². The molecule has 2 aromatic carbocycles. The number of ether oxygens (including phenoxy) is 3. The van der Waals surface area contributed by atoms with E-state index in [1.165, 1.54) is 0 Å². The van der Waals surface area contributed by atoms with Crippen LogP contribution >= 0.6 is 0 Å². The number of aromatic nitrogens is 1. The SMILES string of the molecule is COc1ccc(OCc2c(C)noc2C)c(C(=O)Nc2ccccc2OC)c1. The Balaban J connectivity index is 1.87. The Kier molecular flexibility index (Phi) is 5.84. The second kappa shape index (κ2) is 8.47. The van der Waals surface area contributed by atoms with Crippen LogP contribution in [-0.4, -0.2) is 25.3 Å². The average molecular weight is 382 g/mol. The van der Waals surface area contributed by atoms with Crippen LogP contribution in [0.4, 0.5) is 5.69 Å². The van der Waals surface area contributed by atoms with Gasteiger partial charge in [0.2, 0.25) is 0 Å². The van der Waals surface area contributed by atoms with E-state index in [1.54, 1.807) is 44.6 Å². The summed E-state index contributed by atoms with van der Waals surface area (Å²) in [5, 5.41) is 6.78. The van der Waals surface area contributed by atoms with Crippen molar-refractivity contribution in [2.75, 3.05) is 19.5 Å². The zero-order valence-electron chi connectivity index (χ0n) is 16.2. The van der Waals surface area contributed by atoms with Crippen molar-refractivity contribution in [3.63, 3.8) is 0 Å². The van der Waals surface area contributed by atoms with Gasteiger partial charge in [-0.25, -0.2) is 0 Å². The number of anilines is 1. The quantitative estimate of drug-likeness (QED) is 0.661. The van der Waals surface area contributed by atoms with Crippen molar-refractivity contribution < 1.29 is 23.5 Å². The predicted octanol–water partition coefficient (Wildman–Crippen LogP) is 4.14. The molecular weight excluding hydrogens is 360 g/mol. The number of nitrogens with one attached hydrogen (secondary N) is 1. The van der Waals surface area contributed by atoms with Gasteiger partial charge in [0.25, 0.3) is 5.91 Å². The van der Waals surface area contributed by atoms with Gasteiger partial charge in [-0.05, 0) is 44.2 Å². The number of carbonyl (C=O) groups is 1. The smallest absolute Gasteiger partial charge is 0.259 e. The first-order valence-electron chi connectivity index (χ1n) is 8.70. The lowest BCUT2D eigenvalue weighted by atomic mass is 10.1. The second-order valence-corrected chi connectivity index (χ2v) is 6.11. The molecule has 0 saturated carbocycles. The van der Waals surface area contributed by atoms with E-state index in [9.17, 15) is 4.79 Å². The molecule has 0 aliphatic rings. The maximum atomic E-state index is 12.9. The lowest BCUT2D eigenvalue weighted by molar-refractivity contribution is 0.102. The molecule has 0 saturated heterocycles. The van der Waals surface area contributed by atoms with Crippen LogP contribution in [0.3, 0.4) is 0 Å². The number of benzene rings is 2. The van der Waals surface area contributed by atoms with Gasteiger partial charge in [-0.15, -0.1) is 0 Å². The summed E-state index contributed by atoms with van der Waals surface area (Å²) in [6, 6.07) is 12.3. The molecule has 0 fully saturated rings. The largest absolute Gasteiger partial charge is 0.497 e. The number of aryl methyl sites for hydroxylation is 2. The number of hydrogen-bond donors (Lipinski definition) is 1. The Labute approximate surface area is 163 Å². The number of rotatable bonds is 7. The molecule has 0 aliphatic carbocycles. The molecule has 7 heteroatoms. The van der Waals surface area contributed by atoms with Crippen LogP contribution in [0.25, 0.3) is 0 Å². The summed E-state index contributed by atoms with van der Waals surface area (Å²) in [4.78, 5) is 12.9. The highest BCUT2D eigenvalue weighted by Crippen LogP contribution is 2.29. The first-order valence-corrected chi connectivity index (χ1v) is 8.70. The normalized spacial score (nSPS) is 10.4. The van der Waals surface area contributed by atoms with E-state index in [4.69, 9.17) is 18.7 Å². The topological polar surface area (TPSA) is 82.8 Å². The van der Waals surface area contributed by atoms with Crippen LogP contribution in [0.15, 0.2) is 47.0 Å². The van der Waals surface area contributed by atoms with Crippen molar-refractivity contribution in [3.05, 3.63) is 65.0 Å². The standard InChI is InChI=1S/C21H22N2O5/c1-13-17(14(2)28-23-13)12-27-19-10-9-15(25-3)11-16(19)21(24)22-18-7-5-6-8-20(18)26-4/h5-11H,12H2,1-4H3,(H,22,24). The Morgan fingerprint density at radius 3 is 2.54 bits per heavy atom. The summed E-state index contributed by atoms with van der Waals surface area (Å²) < 4.78 is 21.6. The number of carbonyl (C=O) groups excluding carboxylic acids is 1. The van der Waals surface area contributed by atoms with Crippen LogP contribution in [0.1, 0.15) is 27.4 Å². The molecule has 3 aromatic rings. The highest BCUT2D eigenvalue weighted by molar-refractivity contribution is 6.07. The number of nitrogens with zero attached hydrogens (tertiary/aromatic N) is 1. The fourth-order valence-corrected chi connectivity index (χ4v) is 2.73. The van der Waals surface area contributed by atoms with Gasteiger partial charge in [-0.2, -0.15) is 0 Å². The maximum absolute atomic E-state index is 12.9. The highest BCUT2D eigenvalue weighted by Gasteiger charge is 2.17. The van der Waals surface area contributed by atoms with Crippen LogP contribution in [0, 0.1) is 13.8 Å². The zero-order valence-corrected chi connectivity index (χ0v) is 16.2. The minimum absolute atomic E-state index is 0.239. The summed E-state index contributed by atoms with van der Waals surface area (Å²) >= 11 is 0. The average Bonchev–Trinajstić information content (AvgIpc) is 3.04. The van der Waals surface area contributed by atoms with Gasteiger partial charge in [-0.1, -0.05) is 17.3 Å². The monoisotopic (exact) mass is 382 g/mol. The van der Waals surface area contributed by atoms with E-state index < -0.39 is 0 Å². The third-order valence-corrected chi connectivity index (χ3v) is 4.34. The van der Waals surface area contributed by atoms with E-state index in [2.05, 4.69) is 10.5 Å². The van der Waals surface area contributed by atoms with Crippen LogP contribution in [0.5, 0.6) is 17.2 Å². The molecule has 1 heterocycles. The van der Waals surface area contributed by atoms with Crippen molar-refractivity contribution in [2.24, 2.45) is 0 Å². The number of hydrogen-bond acceptors (Lipinski definition) is 6. The lowest BCUT2D eigenvalue weighted by Gasteiger charge is -2.14. The molecule has 146 valence electrons. The van der Waals surface area contributed by atoms with E-state index in [-0.39, 0.29) is 12.5 Å². The molecule has 0 spiro atoms. The summed E-state index contributed by atoms with van der Waals surface area (Å²) in [5.74, 6) is 1.89. The highest BCUT2D eigenvalue weighted by atomic mass is 16.5. The first-order chi connectivity index (χ1) is 13.5. The van der Waals surface area contributed by atoms with Crippen LogP contribution in [0.2, 0.25) is 0 Å². The molecule has 28 heavy (non-hydrogen) atoms. The maximum Gasteiger partial charge on any atom is 0.259 e. The number of amides is 1. The predicted molar refractivity (Wildman–Crippen MR) is 104 cm³/mol. The van der Waals surface area contributed by atoms with E-state index in [1.807, 2.05) is 26.0 Å². The van der Waals surface area contributed by atoms with Gasteiger partial charge in [0.05, 0.1) is 36.7 Å². The zero-order chi connectivity index (χ0) is 20.1. The van der Waals surface area contributed by atoms with E-state index in [0.29, 0.717) is 34.3 Å². The van der Waals surface area contributed by atoms with Crippen molar-refractivity contribution in [1.82, 2.24) is 5.16 Å². The van der Waals surface area contributed by atoms with Gasteiger partial charge in [0.15, 0.2) is 0 Å². The van der Waals surface area contributed by atoms with Crippen molar-refractivity contribution in [2.45, 2.75) is 20.5 Å². The fourth-order valence-electron chi connectivity index (χ4n) is 2.73. The summed E-state index contributed by atoms with van der Waals surface area (Å²) in [6.07, 6.45) is 0. The van der Waals surface area contributed by atoms with Crippen LogP contribution < -0.4 is 19.5 Å². The molecule has 3 rings (SSSR count). The minimum atomic E-state index is -0.336. The van der Waals surface area contributed by atoms with Crippen LogP contribution in [-0.2, 0) is 6.61 Å². The number of methoxy groups -OCH3 is 2. The van der Waals surface area contributed by atoms with Gasteiger partial charge in [0, 0.05) is 0 Å². The number of para-hydroxylation sites is 2. The molecule has 1 amide bonds. The lowest BCUT2D eigenvalue weighted by Crippen LogP contribution is -2.14. The fraction of sp³-hybridized carbons (Fsp3) is 0.238. The molecular formula is C21H22N2O5. The Morgan fingerprint density at radius 1 is 1.07 bits per heavy atom. The van der Waals surface area contributed by atoms with Gasteiger partial charge < -0.3 is 24.1 Å². The van der Waals surface area contributed by atoms with E-state index >= 15 is 0 Å². The third-order valence-electron chi connectivity index (χ3n) is 4.34. The second-order valence-electron chi connectivity index (χ2n) is 6.11. The minimum Gasteiger partial charge on any atom is -0.497 e. The third kappa shape index (κ3) is 4.09. The summed E-state index contributed by atoms with van der Waals surface area (Å²) in [6.45, 7) is 3.91. The Hall–Kier alpha value is -3.48. The van der Waals surface area contributed by atoms with Crippen molar-refractivity contribution >= 4 is 11.6 Å². The van der Waals surface area contributed by atoms with Crippen molar-refractivity contribution in [3.8, 4) is 17.2 Å². The van der Waals surface area contributed by atoms with Crippen molar-refractivity contribution in [1.29, 1.82) is 0 Å².